The monoisotopic (exact) mass is 246 g/mol. The van der Waals surface area contributed by atoms with Gasteiger partial charge in [0.25, 0.3) is 0 Å². The van der Waals surface area contributed by atoms with E-state index >= 15 is 0 Å². The maximum absolute atomic E-state index is 12.3. The number of anilines is 1. The number of carbonyl (C=O) groups is 1. The lowest BCUT2D eigenvalue weighted by atomic mass is 10.2. The highest BCUT2D eigenvalue weighted by Crippen LogP contribution is 2.15. The summed E-state index contributed by atoms with van der Waals surface area (Å²) in [5.41, 5.74) is 0.545. The molecule has 1 radical (unpaired) electrons. The quantitative estimate of drug-likeness (QED) is 0.791. The molecule has 1 atom stereocenters. The highest BCUT2D eigenvalue weighted by atomic mass is 16.2. The molecular formula is C13H16N3O2. The number of imide groups is 1. The van der Waals surface area contributed by atoms with Gasteiger partial charge in [0.15, 0.2) is 0 Å². The average Bonchev–Trinajstić information content (AvgIpc) is 2.41. The van der Waals surface area contributed by atoms with E-state index in [1.165, 1.54) is 0 Å². The first-order valence-corrected chi connectivity index (χ1v) is 5.98. The third kappa shape index (κ3) is 2.51. The summed E-state index contributed by atoms with van der Waals surface area (Å²) in [4.78, 5) is 26.1. The number of benzene rings is 1. The summed E-state index contributed by atoms with van der Waals surface area (Å²) in [5.74, 6) is 0. The van der Waals surface area contributed by atoms with Crippen molar-refractivity contribution in [2.24, 2.45) is 0 Å². The van der Waals surface area contributed by atoms with Crippen molar-refractivity contribution in [1.29, 1.82) is 0 Å². The van der Waals surface area contributed by atoms with E-state index in [1.807, 2.05) is 13.0 Å². The number of hydrogen-bond acceptors (Lipinski definition) is 3. The van der Waals surface area contributed by atoms with Crippen LogP contribution in [0, 0.1) is 0 Å². The summed E-state index contributed by atoms with van der Waals surface area (Å²) in [5, 5.41) is 3.21. The van der Waals surface area contributed by atoms with E-state index in [9.17, 15) is 9.59 Å². The number of para-hydroxylation sites is 1. The van der Waals surface area contributed by atoms with Crippen LogP contribution in [0.25, 0.3) is 0 Å². The van der Waals surface area contributed by atoms with Crippen LogP contribution in [0.4, 0.5) is 10.5 Å². The third-order valence-corrected chi connectivity index (χ3v) is 3.04. The van der Waals surface area contributed by atoms with Crippen LogP contribution < -0.4 is 10.2 Å². The second kappa shape index (κ2) is 5.64. The summed E-state index contributed by atoms with van der Waals surface area (Å²) in [6, 6.07) is 8.61. The Morgan fingerprint density at radius 3 is 2.78 bits per heavy atom. The first-order valence-electron chi connectivity index (χ1n) is 5.98. The Morgan fingerprint density at radius 2 is 2.17 bits per heavy atom. The number of nitrogens with zero attached hydrogens (tertiary/aromatic N) is 2. The van der Waals surface area contributed by atoms with Gasteiger partial charge in [0.05, 0.1) is 5.69 Å². The molecule has 0 saturated carbocycles. The Morgan fingerprint density at radius 1 is 1.44 bits per heavy atom. The molecule has 1 aromatic rings. The van der Waals surface area contributed by atoms with E-state index in [0.29, 0.717) is 12.2 Å². The van der Waals surface area contributed by atoms with Gasteiger partial charge in [0.2, 0.25) is 0 Å². The lowest BCUT2D eigenvalue weighted by molar-refractivity contribution is 0.173. The molecule has 3 amide bonds. The van der Waals surface area contributed by atoms with Crippen LogP contribution in [0.15, 0.2) is 30.3 Å². The molecule has 1 heterocycles. The zero-order valence-electron chi connectivity index (χ0n) is 10.3. The Kier molecular flexibility index (Phi) is 3.94. The number of carbonyl (C=O) groups excluding carboxylic acids is 2. The largest absolute Gasteiger partial charge is 0.332 e. The fourth-order valence-electron chi connectivity index (χ4n) is 2.03. The van der Waals surface area contributed by atoms with E-state index in [-0.39, 0.29) is 12.1 Å². The van der Waals surface area contributed by atoms with E-state index in [0.717, 1.165) is 18.0 Å². The van der Waals surface area contributed by atoms with Gasteiger partial charge in [-0.2, -0.15) is 0 Å². The minimum atomic E-state index is -0.315. The van der Waals surface area contributed by atoms with Gasteiger partial charge in [-0.25, -0.2) is 9.69 Å². The molecule has 1 unspecified atom stereocenters. The van der Waals surface area contributed by atoms with Gasteiger partial charge < -0.3 is 10.2 Å². The number of piperazine rings is 1. The Bertz CT molecular complexity index is 422. The van der Waals surface area contributed by atoms with Crippen LogP contribution >= 0.6 is 0 Å². The first kappa shape index (κ1) is 12.6. The number of nitrogens with one attached hydrogen (secondary N) is 1. The van der Waals surface area contributed by atoms with Crippen molar-refractivity contribution in [2.45, 2.75) is 13.0 Å². The van der Waals surface area contributed by atoms with Crippen molar-refractivity contribution in [2.75, 3.05) is 24.5 Å². The second-order valence-electron chi connectivity index (χ2n) is 4.29. The molecule has 1 aromatic carbocycles. The molecule has 5 heteroatoms. The van der Waals surface area contributed by atoms with Gasteiger partial charge in [-0.1, -0.05) is 18.2 Å². The summed E-state index contributed by atoms with van der Waals surface area (Å²) in [7, 11) is 0. The minimum absolute atomic E-state index is 0.0748. The van der Waals surface area contributed by atoms with E-state index < -0.39 is 0 Å². The summed E-state index contributed by atoms with van der Waals surface area (Å²) in [6.45, 7) is 4.05. The van der Waals surface area contributed by atoms with Crippen molar-refractivity contribution < 1.29 is 9.59 Å². The van der Waals surface area contributed by atoms with Crippen molar-refractivity contribution in [3.05, 3.63) is 30.3 Å². The van der Waals surface area contributed by atoms with Gasteiger partial charge in [-0.3, -0.25) is 4.79 Å². The zero-order valence-corrected chi connectivity index (χ0v) is 10.3. The lowest BCUT2D eigenvalue weighted by Crippen LogP contribution is -2.56. The van der Waals surface area contributed by atoms with Crippen LogP contribution in [-0.2, 0) is 4.79 Å². The second-order valence-corrected chi connectivity index (χ2v) is 4.29. The molecule has 95 valence electrons. The smallest absolute Gasteiger partial charge is 0.319 e. The van der Waals surface area contributed by atoms with Gasteiger partial charge in [0.1, 0.15) is 0 Å². The summed E-state index contributed by atoms with van der Waals surface area (Å²) in [6.07, 6.45) is 1.71. The maximum Gasteiger partial charge on any atom is 0.332 e. The van der Waals surface area contributed by atoms with Crippen molar-refractivity contribution in [3.8, 4) is 0 Å². The van der Waals surface area contributed by atoms with Crippen molar-refractivity contribution >= 4 is 18.1 Å². The summed E-state index contributed by atoms with van der Waals surface area (Å²) >= 11 is 0. The average molecular weight is 246 g/mol. The summed E-state index contributed by atoms with van der Waals surface area (Å²) < 4.78 is 0. The molecule has 5 nitrogen and oxygen atoms in total. The predicted octanol–water partition coefficient (Wildman–Crippen LogP) is 0.974. The van der Waals surface area contributed by atoms with Crippen molar-refractivity contribution in [3.63, 3.8) is 0 Å². The number of amides is 3. The van der Waals surface area contributed by atoms with Crippen LogP contribution in [-0.4, -0.2) is 43.0 Å². The minimum Gasteiger partial charge on any atom is -0.319 e. The molecule has 1 fully saturated rings. The van der Waals surface area contributed by atoms with Crippen LogP contribution in [0.2, 0.25) is 0 Å². The Labute approximate surface area is 106 Å². The molecule has 1 N–H and O–H groups in total. The number of hydrogen-bond donors (Lipinski definition) is 1. The van der Waals surface area contributed by atoms with Crippen molar-refractivity contribution in [1.82, 2.24) is 10.2 Å². The number of rotatable bonds is 2. The van der Waals surface area contributed by atoms with E-state index in [4.69, 9.17) is 0 Å². The molecule has 1 aliphatic rings. The highest BCUT2D eigenvalue weighted by molar-refractivity contribution is 6.06. The maximum atomic E-state index is 12.3. The molecular weight excluding hydrogens is 230 g/mol. The van der Waals surface area contributed by atoms with Gasteiger partial charge in [-0.15, -0.1) is 0 Å². The van der Waals surface area contributed by atoms with Gasteiger partial charge in [-0.05, 0) is 19.1 Å². The van der Waals surface area contributed by atoms with Gasteiger partial charge in [0, 0.05) is 25.7 Å². The van der Waals surface area contributed by atoms with Crippen LogP contribution in [0.5, 0.6) is 0 Å². The number of urea groups is 1. The van der Waals surface area contributed by atoms with Crippen LogP contribution in [0.3, 0.4) is 0 Å². The third-order valence-electron chi connectivity index (χ3n) is 3.04. The Balaban J connectivity index is 2.17. The zero-order chi connectivity index (χ0) is 13.0. The lowest BCUT2D eigenvalue weighted by Gasteiger charge is -2.35. The molecule has 0 bridgehead atoms. The fourth-order valence-corrected chi connectivity index (χ4v) is 2.03. The van der Waals surface area contributed by atoms with E-state index in [1.54, 1.807) is 35.6 Å². The van der Waals surface area contributed by atoms with Gasteiger partial charge >= 0.3 is 12.4 Å². The topological polar surface area (TPSA) is 52.7 Å². The normalized spacial score (nSPS) is 19.4. The standard InChI is InChI=1S/C13H16N3O2/c1-11-9-14-7-8-15(11)13(18)16(10-17)12-5-3-2-4-6-12/h2-6,11,14H,7-9H2,1H3. The fraction of sp³-hybridized carbons (Fsp3) is 0.385. The molecule has 0 spiro atoms. The first-order chi connectivity index (χ1) is 8.74. The molecule has 18 heavy (non-hydrogen) atoms. The molecule has 1 saturated heterocycles. The predicted molar refractivity (Wildman–Crippen MR) is 69.0 cm³/mol. The Hall–Kier alpha value is -1.88. The highest BCUT2D eigenvalue weighted by Gasteiger charge is 2.28. The molecule has 1 aliphatic heterocycles. The SMILES string of the molecule is CC1CNCCN1C(=O)N([C]=O)c1ccccc1. The molecule has 0 aliphatic carbocycles. The van der Waals surface area contributed by atoms with E-state index in [2.05, 4.69) is 5.32 Å². The molecule has 0 aromatic heterocycles. The van der Waals surface area contributed by atoms with Crippen LogP contribution in [0.1, 0.15) is 6.92 Å². The molecule has 2 rings (SSSR count).